The molecule has 0 aliphatic carbocycles. The van der Waals surface area contributed by atoms with Crippen LogP contribution in [0.15, 0.2) is 18.2 Å². The molecule has 1 heterocycles. The fourth-order valence-electron chi connectivity index (χ4n) is 2.45. The number of ether oxygens (including phenoxy) is 2. The molecule has 2 atom stereocenters. The molecule has 1 N–H and O–H groups in total. The summed E-state index contributed by atoms with van der Waals surface area (Å²) in [5.74, 6) is 0.726. The molecule has 0 unspecified atom stereocenters. The number of hydrogen-bond donors (Lipinski definition) is 1. The van der Waals surface area contributed by atoms with Gasteiger partial charge in [0.1, 0.15) is 11.8 Å². The van der Waals surface area contributed by atoms with Gasteiger partial charge >= 0.3 is 0 Å². The predicted octanol–water partition coefficient (Wildman–Crippen LogP) is 2.11. The molecule has 0 spiro atoms. The summed E-state index contributed by atoms with van der Waals surface area (Å²) in [6, 6.07) is 5.08. The van der Waals surface area contributed by atoms with Gasteiger partial charge in [0.15, 0.2) is 0 Å². The third-order valence-electron chi connectivity index (χ3n) is 3.61. The zero-order valence-corrected chi connectivity index (χ0v) is 14.5. The summed E-state index contributed by atoms with van der Waals surface area (Å²) in [4.78, 5) is 14.2. The SMILES string of the molecule is COc1ccc(Cl)cc1CN(C)C(=O)[C@H]1NCCO[C@@H]1C.Cl. The molecule has 1 aromatic rings. The molecule has 1 saturated heterocycles. The molecular weight excluding hydrogens is 327 g/mol. The van der Waals surface area contributed by atoms with E-state index in [0.717, 1.165) is 11.3 Å². The molecule has 22 heavy (non-hydrogen) atoms. The quantitative estimate of drug-likeness (QED) is 0.905. The maximum atomic E-state index is 12.5. The Morgan fingerprint density at radius 3 is 2.91 bits per heavy atom. The van der Waals surface area contributed by atoms with Gasteiger partial charge in [-0.2, -0.15) is 0 Å². The monoisotopic (exact) mass is 348 g/mol. The third kappa shape index (κ3) is 4.49. The summed E-state index contributed by atoms with van der Waals surface area (Å²) in [6.07, 6.45) is -0.130. The number of nitrogens with zero attached hydrogens (tertiary/aromatic N) is 1. The molecular formula is C15H22Cl2N2O3. The summed E-state index contributed by atoms with van der Waals surface area (Å²) >= 11 is 6.02. The van der Waals surface area contributed by atoms with E-state index in [4.69, 9.17) is 21.1 Å². The van der Waals surface area contributed by atoms with Crippen molar-refractivity contribution in [2.24, 2.45) is 0 Å². The van der Waals surface area contributed by atoms with Gasteiger partial charge in [-0.3, -0.25) is 4.79 Å². The smallest absolute Gasteiger partial charge is 0.242 e. The lowest BCUT2D eigenvalue weighted by Gasteiger charge is -2.32. The standard InChI is InChI=1S/C15H21ClN2O3.ClH/c1-10-14(17-6-7-21-10)15(19)18(2)9-11-8-12(16)4-5-13(11)20-3;/h4-5,8,10,14,17H,6-7,9H2,1-3H3;1H/t10-,14+;/m1./s1. The van der Waals surface area contributed by atoms with Crippen LogP contribution in [0, 0.1) is 0 Å². The Morgan fingerprint density at radius 1 is 1.55 bits per heavy atom. The Hall–Kier alpha value is -1.01. The van der Waals surface area contributed by atoms with Gasteiger partial charge in [0.05, 0.1) is 19.8 Å². The lowest BCUT2D eigenvalue weighted by molar-refractivity contribution is -0.138. The second kappa shape index (κ2) is 8.58. The molecule has 124 valence electrons. The summed E-state index contributed by atoms with van der Waals surface area (Å²) in [7, 11) is 3.37. The second-order valence-electron chi connectivity index (χ2n) is 5.16. The Labute approximate surface area is 142 Å². The second-order valence-corrected chi connectivity index (χ2v) is 5.59. The molecule has 0 radical (unpaired) electrons. The first kappa shape index (κ1) is 19.0. The van der Waals surface area contributed by atoms with Crippen molar-refractivity contribution in [3.63, 3.8) is 0 Å². The fourth-order valence-corrected chi connectivity index (χ4v) is 2.65. The molecule has 5 nitrogen and oxygen atoms in total. The number of morpholine rings is 1. The Morgan fingerprint density at radius 2 is 2.27 bits per heavy atom. The van der Waals surface area contributed by atoms with Crippen molar-refractivity contribution < 1.29 is 14.3 Å². The van der Waals surface area contributed by atoms with E-state index in [1.807, 2.05) is 13.0 Å². The fraction of sp³-hybridized carbons (Fsp3) is 0.533. The number of halogens is 2. The van der Waals surface area contributed by atoms with Crippen LogP contribution in [0.25, 0.3) is 0 Å². The minimum atomic E-state index is -0.311. The number of nitrogens with one attached hydrogen (secondary N) is 1. The van der Waals surface area contributed by atoms with Gasteiger partial charge in [0.2, 0.25) is 5.91 Å². The van der Waals surface area contributed by atoms with E-state index in [0.29, 0.717) is 24.7 Å². The van der Waals surface area contributed by atoms with Crippen molar-refractivity contribution in [1.82, 2.24) is 10.2 Å². The molecule has 1 amide bonds. The Kier molecular flexibility index (Phi) is 7.42. The first-order chi connectivity index (χ1) is 10.0. The summed E-state index contributed by atoms with van der Waals surface area (Å²) in [5.41, 5.74) is 0.880. The van der Waals surface area contributed by atoms with Crippen LogP contribution in [0.1, 0.15) is 12.5 Å². The van der Waals surface area contributed by atoms with Gasteiger partial charge in [-0.15, -0.1) is 12.4 Å². The minimum Gasteiger partial charge on any atom is -0.496 e. The minimum absolute atomic E-state index is 0. The molecule has 1 aliphatic rings. The molecule has 7 heteroatoms. The van der Waals surface area contributed by atoms with Gasteiger partial charge in [-0.05, 0) is 25.1 Å². The van der Waals surface area contributed by atoms with E-state index in [1.165, 1.54) is 0 Å². The van der Waals surface area contributed by atoms with Crippen molar-refractivity contribution >= 4 is 29.9 Å². The van der Waals surface area contributed by atoms with Crippen LogP contribution in [0.3, 0.4) is 0 Å². The van der Waals surface area contributed by atoms with Crippen LogP contribution in [-0.2, 0) is 16.1 Å². The first-order valence-corrected chi connectivity index (χ1v) is 7.33. The molecule has 2 rings (SSSR count). The van der Waals surface area contributed by atoms with Crippen molar-refractivity contribution in [2.45, 2.75) is 25.6 Å². The van der Waals surface area contributed by atoms with E-state index in [9.17, 15) is 4.79 Å². The van der Waals surface area contributed by atoms with Crippen LogP contribution >= 0.6 is 24.0 Å². The molecule has 0 bridgehead atoms. The number of methoxy groups -OCH3 is 1. The molecule has 0 saturated carbocycles. The van der Waals surface area contributed by atoms with Gasteiger partial charge < -0.3 is 19.7 Å². The maximum Gasteiger partial charge on any atom is 0.242 e. The van der Waals surface area contributed by atoms with Crippen LogP contribution in [0.4, 0.5) is 0 Å². The average Bonchev–Trinajstić information content (AvgIpc) is 2.47. The molecule has 1 aromatic carbocycles. The third-order valence-corrected chi connectivity index (χ3v) is 3.84. The highest BCUT2D eigenvalue weighted by Gasteiger charge is 2.30. The lowest BCUT2D eigenvalue weighted by atomic mass is 10.1. The number of amides is 1. The molecule has 1 aliphatic heterocycles. The van der Waals surface area contributed by atoms with Crippen molar-refractivity contribution in [3.05, 3.63) is 28.8 Å². The van der Waals surface area contributed by atoms with Gasteiger partial charge in [-0.25, -0.2) is 0 Å². The van der Waals surface area contributed by atoms with E-state index in [2.05, 4.69) is 5.32 Å². The van der Waals surface area contributed by atoms with Crippen molar-refractivity contribution in [1.29, 1.82) is 0 Å². The van der Waals surface area contributed by atoms with E-state index in [-0.39, 0.29) is 30.5 Å². The Bertz CT molecular complexity index is 514. The predicted molar refractivity (Wildman–Crippen MR) is 88.9 cm³/mol. The zero-order valence-electron chi connectivity index (χ0n) is 13.0. The number of likely N-dealkylation sites (N-methyl/N-ethyl adjacent to an activating group) is 1. The highest BCUT2D eigenvalue weighted by atomic mass is 35.5. The van der Waals surface area contributed by atoms with E-state index in [1.54, 1.807) is 31.2 Å². The average molecular weight is 349 g/mol. The summed E-state index contributed by atoms with van der Waals surface area (Å²) < 4.78 is 10.8. The number of hydrogen-bond acceptors (Lipinski definition) is 4. The number of carbonyl (C=O) groups excluding carboxylic acids is 1. The van der Waals surface area contributed by atoms with Crippen LogP contribution in [0.5, 0.6) is 5.75 Å². The van der Waals surface area contributed by atoms with E-state index >= 15 is 0 Å². The summed E-state index contributed by atoms with van der Waals surface area (Å²) in [5, 5.41) is 3.83. The molecule has 0 aromatic heterocycles. The molecule has 1 fully saturated rings. The number of rotatable bonds is 4. The largest absolute Gasteiger partial charge is 0.496 e. The highest BCUT2D eigenvalue weighted by Crippen LogP contribution is 2.24. The van der Waals surface area contributed by atoms with E-state index < -0.39 is 0 Å². The Balaban J connectivity index is 0.00000242. The van der Waals surface area contributed by atoms with Crippen LogP contribution in [-0.4, -0.2) is 50.3 Å². The van der Waals surface area contributed by atoms with Gasteiger partial charge in [0.25, 0.3) is 0 Å². The number of benzene rings is 1. The zero-order chi connectivity index (χ0) is 15.4. The van der Waals surface area contributed by atoms with Gasteiger partial charge in [-0.1, -0.05) is 11.6 Å². The van der Waals surface area contributed by atoms with Crippen molar-refractivity contribution in [3.8, 4) is 5.75 Å². The topological polar surface area (TPSA) is 50.8 Å². The summed E-state index contributed by atoms with van der Waals surface area (Å²) in [6.45, 7) is 3.67. The highest BCUT2D eigenvalue weighted by molar-refractivity contribution is 6.30. The van der Waals surface area contributed by atoms with Crippen LogP contribution in [0.2, 0.25) is 5.02 Å². The normalized spacial score (nSPS) is 20.9. The first-order valence-electron chi connectivity index (χ1n) is 6.95. The lowest BCUT2D eigenvalue weighted by Crippen LogP contribution is -2.55. The van der Waals surface area contributed by atoms with Crippen molar-refractivity contribution in [2.75, 3.05) is 27.3 Å². The maximum absolute atomic E-state index is 12.5. The number of carbonyl (C=O) groups is 1. The van der Waals surface area contributed by atoms with Gasteiger partial charge in [0, 0.05) is 30.7 Å². The van der Waals surface area contributed by atoms with Crippen LogP contribution < -0.4 is 10.1 Å².